The fraction of sp³-hybridized carbons (Fsp3) is 0.333. The van der Waals surface area contributed by atoms with Gasteiger partial charge in [0.1, 0.15) is 5.00 Å². The molecular weight excluding hydrogens is 456 g/mol. The molecule has 1 aromatic carbocycles. The molecule has 0 radical (unpaired) electrons. The number of nitro benzene ring substituents is 1. The quantitative estimate of drug-likeness (QED) is 0.262. The summed E-state index contributed by atoms with van der Waals surface area (Å²) in [5.74, 6) is -3.15. The lowest BCUT2D eigenvalue weighted by Gasteiger charge is -2.09. The number of carbonyl (C=O) groups excluding carboxylic acids is 4. The Kier molecular flexibility index (Phi) is 7.38. The largest absolute Gasteiger partial charge is 0.465 e. The summed E-state index contributed by atoms with van der Waals surface area (Å²) in [4.78, 5) is 60.2. The van der Waals surface area contributed by atoms with Crippen molar-refractivity contribution in [1.82, 2.24) is 0 Å². The maximum Gasteiger partial charge on any atom is 0.341 e. The molecule has 0 saturated carbocycles. The number of hydrogen-bond acceptors (Lipinski definition) is 10. The smallest absolute Gasteiger partial charge is 0.341 e. The van der Waals surface area contributed by atoms with E-state index in [9.17, 15) is 29.3 Å². The molecule has 0 unspecified atom stereocenters. The van der Waals surface area contributed by atoms with Gasteiger partial charge in [0, 0.05) is 17.0 Å². The summed E-state index contributed by atoms with van der Waals surface area (Å²) in [6.07, 6.45) is 2.42. The van der Waals surface area contributed by atoms with Crippen molar-refractivity contribution in [2.24, 2.45) is 0 Å². The predicted octanol–water partition coefficient (Wildman–Crippen LogP) is 2.90. The zero-order chi connectivity index (χ0) is 24.1. The minimum atomic E-state index is -1.04. The summed E-state index contributed by atoms with van der Waals surface area (Å²) < 4.78 is 14.6. The lowest BCUT2D eigenvalue weighted by molar-refractivity contribution is -0.384. The number of anilines is 1. The molecule has 12 heteroatoms. The Morgan fingerprint density at radius 1 is 1.06 bits per heavy atom. The van der Waals surface area contributed by atoms with Crippen molar-refractivity contribution in [3.63, 3.8) is 0 Å². The van der Waals surface area contributed by atoms with Crippen LogP contribution in [-0.2, 0) is 31.8 Å². The highest BCUT2D eigenvalue weighted by Crippen LogP contribution is 2.39. The molecule has 2 aromatic rings. The molecule has 33 heavy (non-hydrogen) atoms. The number of ether oxygens (including phenoxy) is 3. The van der Waals surface area contributed by atoms with Crippen LogP contribution in [0, 0.1) is 10.1 Å². The second-order valence-corrected chi connectivity index (χ2v) is 8.03. The number of thiophene rings is 1. The van der Waals surface area contributed by atoms with Crippen LogP contribution in [0.3, 0.4) is 0 Å². The van der Waals surface area contributed by atoms with Gasteiger partial charge in [0.25, 0.3) is 11.6 Å². The number of esters is 3. The highest BCUT2D eigenvalue weighted by molar-refractivity contribution is 7.17. The van der Waals surface area contributed by atoms with E-state index in [1.54, 1.807) is 6.92 Å². The third-order valence-electron chi connectivity index (χ3n) is 4.77. The average Bonchev–Trinajstić information content (AvgIpc) is 3.37. The topological polar surface area (TPSA) is 151 Å². The third-order valence-corrected chi connectivity index (χ3v) is 5.98. The molecule has 0 spiro atoms. The molecule has 0 fully saturated rings. The van der Waals surface area contributed by atoms with Crippen LogP contribution in [-0.4, -0.2) is 49.1 Å². The maximum atomic E-state index is 12.4. The highest BCUT2D eigenvalue weighted by Gasteiger charge is 2.28. The minimum absolute atomic E-state index is 0.186. The number of hydrogen-bond donors (Lipinski definition) is 1. The summed E-state index contributed by atoms with van der Waals surface area (Å²) in [6, 6.07) is 2.96. The molecule has 1 aliphatic rings. The van der Waals surface area contributed by atoms with E-state index in [0.717, 1.165) is 48.6 Å². The maximum absolute atomic E-state index is 12.4. The second kappa shape index (κ2) is 10.2. The van der Waals surface area contributed by atoms with Gasteiger partial charge in [0.15, 0.2) is 6.61 Å². The second-order valence-electron chi connectivity index (χ2n) is 6.92. The molecule has 0 bridgehead atoms. The van der Waals surface area contributed by atoms with E-state index in [4.69, 9.17) is 9.47 Å². The molecule has 1 N–H and O–H groups in total. The number of nitrogens with one attached hydrogen (secondary N) is 1. The van der Waals surface area contributed by atoms with E-state index in [1.165, 1.54) is 11.3 Å². The van der Waals surface area contributed by atoms with Gasteiger partial charge < -0.3 is 19.5 Å². The van der Waals surface area contributed by atoms with Crippen molar-refractivity contribution >= 4 is 45.8 Å². The van der Waals surface area contributed by atoms with E-state index in [1.807, 2.05) is 0 Å². The summed E-state index contributed by atoms with van der Waals surface area (Å²) in [5.41, 5.74) is 0.157. The summed E-state index contributed by atoms with van der Waals surface area (Å²) in [6.45, 7) is 1.16. The first-order valence-electron chi connectivity index (χ1n) is 9.91. The van der Waals surface area contributed by atoms with Crippen molar-refractivity contribution < 1.29 is 38.3 Å². The van der Waals surface area contributed by atoms with E-state index < -0.39 is 41.0 Å². The molecule has 0 aliphatic heterocycles. The van der Waals surface area contributed by atoms with Gasteiger partial charge in [-0.1, -0.05) is 0 Å². The predicted molar refractivity (Wildman–Crippen MR) is 116 cm³/mol. The van der Waals surface area contributed by atoms with Crippen LogP contribution in [0.4, 0.5) is 10.7 Å². The van der Waals surface area contributed by atoms with Crippen LogP contribution < -0.4 is 5.32 Å². The Morgan fingerprint density at radius 2 is 1.76 bits per heavy atom. The SMILES string of the molecule is CCOC(=O)c1c(NC(=O)COC(=O)c2cc(C(=O)OC)cc([N+](=O)[O-])c2)sc2c1CCC2. The Hall–Kier alpha value is -3.80. The Bertz CT molecular complexity index is 1140. The van der Waals surface area contributed by atoms with Gasteiger partial charge in [-0.15, -0.1) is 11.3 Å². The molecule has 1 heterocycles. The minimum Gasteiger partial charge on any atom is -0.465 e. The number of aryl methyl sites for hydroxylation is 1. The standard InChI is InChI=1S/C21H20N2O9S/c1-3-31-21(27)17-14-5-4-6-15(14)33-18(17)22-16(24)10-32-20(26)12-7-11(19(25)30-2)8-13(9-12)23(28)29/h7-9H,3-6,10H2,1-2H3,(H,22,24). The number of methoxy groups -OCH3 is 1. The summed E-state index contributed by atoms with van der Waals surface area (Å²) >= 11 is 1.27. The van der Waals surface area contributed by atoms with E-state index in [0.29, 0.717) is 17.0 Å². The molecule has 0 atom stereocenters. The normalized spacial score (nSPS) is 11.9. The van der Waals surface area contributed by atoms with Gasteiger partial charge in [-0.2, -0.15) is 0 Å². The molecule has 1 aliphatic carbocycles. The average molecular weight is 476 g/mol. The fourth-order valence-electron chi connectivity index (χ4n) is 3.36. The number of non-ortho nitro benzene ring substituents is 1. The molecule has 1 amide bonds. The number of fused-ring (bicyclic) bond motifs is 1. The molecule has 0 saturated heterocycles. The van der Waals surface area contributed by atoms with Gasteiger partial charge >= 0.3 is 17.9 Å². The number of nitro groups is 1. The van der Waals surface area contributed by atoms with Crippen molar-refractivity contribution in [1.29, 1.82) is 0 Å². The van der Waals surface area contributed by atoms with Crippen LogP contribution in [0.25, 0.3) is 0 Å². The monoisotopic (exact) mass is 476 g/mol. The Morgan fingerprint density at radius 3 is 2.39 bits per heavy atom. The lowest BCUT2D eigenvalue weighted by Crippen LogP contribution is -2.22. The Balaban J connectivity index is 1.72. The number of nitrogens with zero attached hydrogens (tertiary/aromatic N) is 1. The zero-order valence-corrected chi connectivity index (χ0v) is 18.6. The Labute approximate surface area is 191 Å². The fourth-order valence-corrected chi connectivity index (χ4v) is 4.65. The van der Waals surface area contributed by atoms with E-state index >= 15 is 0 Å². The van der Waals surface area contributed by atoms with Gasteiger partial charge in [0.2, 0.25) is 0 Å². The van der Waals surface area contributed by atoms with E-state index in [-0.39, 0.29) is 17.7 Å². The van der Waals surface area contributed by atoms with Crippen LogP contribution in [0.5, 0.6) is 0 Å². The number of amides is 1. The van der Waals surface area contributed by atoms with Crippen LogP contribution in [0.15, 0.2) is 18.2 Å². The summed E-state index contributed by atoms with van der Waals surface area (Å²) in [7, 11) is 1.09. The molecule has 11 nitrogen and oxygen atoms in total. The van der Waals surface area contributed by atoms with Crippen molar-refractivity contribution in [3.05, 3.63) is 55.4 Å². The van der Waals surface area contributed by atoms with Crippen LogP contribution in [0.2, 0.25) is 0 Å². The lowest BCUT2D eigenvalue weighted by atomic mass is 10.1. The molecule has 1 aromatic heterocycles. The zero-order valence-electron chi connectivity index (χ0n) is 17.8. The first-order chi connectivity index (χ1) is 15.7. The van der Waals surface area contributed by atoms with Crippen molar-refractivity contribution in [2.75, 3.05) is 25.6 Å². The molecule has 174 valence electrons. The molecular formula is C21H20N2O9S. The van der Waals surface area contributed by atoms with Crippen LogP contribution >= 0.6 is 11.3 Å². The van der Waals surface area contributed by atoms with Gasteiger partial charge in [-0.25, -0.2) is 14.4 Å². The third kappa shape index (κ3) is 5.34. The number of benzene rings is 1. The van der Waals surface area contributed by atoms with Gasteiger partial charge in [0.05, 0.1) is 35.3 Å². The van der Waals surface area contributed by atoms with Gasteiger partial charge in [-0.3, -0.25) is 14.9 Å². The summed E-state index contributed by atoms with van der Waals surface area (Å²) in [5, 5.41) is 14.0. The van der Waals surface area contributed by atoms with Crippen molar-refractivity contribution in [2.45, 2.75) is 26.2 Å². The molecule has 3 rings (SSSR count). The van der Waals surface area contributed by atoms with Crippen LogP contribution in [0.1, 0.15) is 54.9 Å². The number of carbonyl (C=O) groups is 4. The highest BCUT2D eigenvalue weighted by atomic mass is 32.1. The first kappa shape index (κ1) is 23.9. The van der Waals surface area contributed by atoms with E-state index in [2.05, 4.69) is 10.1 Å². The van der Waals surface area contributed by atoms with Crippen molar-refractivity contribution in [3.8, 4) is 0 Å². The number of rotatable bonds is 8. The van der Waals surface area contributed by atoms with Gasteiger partial charge in [-0.05, 0) is 37.8 Å². The first-order valence-corrected chi connectivity index (χ1v) is 10.7.